The van der Waals surface area contributed by atoms with Crippen LogP contribution in [0.2, 0.25) is 0 Å². The molecule has 21 heavy (non-hydrogen) atoms. The van der Waals surface area contributed by atoms with E-state index in [4.69, 9.17) is 4.74 Å². The summed E-state index contributed by atoms with van der Waals surface area (Å²) in [6.07, 6.45) is 0. The fraction of sp³-hybridized carbons (Fsp3) is 0.294. The molecule has 1 N–H and O–H groups in total. The van der Waals surface area contributed by atoms with E-state index in [9.17, 15) is 4.39 Å². The van der Waals surface area contributed by atoms with E-state index >= 15 is 0 Å². The van der Waals surface area contributed by atoms with Crippen molar-refractivity contribution in [3.63, 3.8) is 0 Å². The lowest BCUT2D eigenvalue weighted by molar-refractivity contribution is 0.458. The SMILES string of the molecule is CCNC(C)c1cc(F)c(C)cc1Oc1ccc(I)cc1. The van der Waals surface area contributed by atoms with Crippen molar-refractivity contribution >= 4 is 22.6 Å². The van der Waals surface area contributed by atoms with E-state index in [0.29, 0.717) is 11.3 Å². The summed E-state index contributed by atoms with van der Waals surface area (Å²) in [7, 11) is 0. The molecule has 0 fully saturated rings. The average molecular weight is 399 g/mol. The second-order valence-corrected chi connectivity index (χ2v) is 6.22. The highest BCUT2D eigenvalue weighted by Gasteiger charge is 2.15. The van der Waals surface area contributed by atoms with Gasteiger partial charge in [-0.05, 0) is 84.9 Å². The van der Waals surface area contributed by atoms with Crippen molar-refractivity contribution in [3.05, 3.63) is 56.9 Å². The highest BCUT2D eigenvalue weighted by Crippen LogP contribution is 2.32. The van der Waals surface area contributed by atoms with Crippen LogP contribution in [0.1, 0.15) is 31.0 Å². The summed E-state index contributed by atoms with van der Waals surface area (Å²) < 4.78 is 21.0. The third kappa shape index (κ3) is 4.17. The van der Waals surface area contributed by atoms with E-state index in [1.54, 1.807) is 19.1 Å². The summed E-state index contributed by atoms with van der Waals surface area (Å²) in [4.78, 5) is 0. The van der Waals surface area contributed by atoms with Crippen molar-refractivity contribution in [2.45, 2.75) is 26.8 Å². The second kappa shape index (κ2) is 7.22. The Hall–Kier alpha value is -1.14. The number of rotatable bonds is 5. The zero-order valence-corrected chi connectivity index (χ0v) is 14.6. The molecule has 1 atom stereocenters. The van der Waals surface area contributed by atoms with Crippen molar-refractivity contribution in [2.75, 3.05) is 6.54 Å². The summed E-state index contributed by atoms with van der Waals surface area (Å²) in [5.41, 5.74) is 1.42. The van der Waals surface area contributed by atoms with E-state index in [1.807, 2.05) is 38.1 Å². The Morgan fingerprint density at radius 1 is 1.24 bits per heavy atom. The number of benzene rings is 2. The molecule has 0 heterocycles. The van der Waals surface area contributed by atoms with Gasteiger partial charge >= 0.3 is 0 Å². The molecule has 0 aliphatic carbocycles. The smallest absolute Gasteiger partial charge is 0.132 e. The monoisotopic (exact) mass is 399 g/mol. The molecule has 0 bridgehead atoms. The van der Waals surface area contributed by atoms with E-state index in [2.05, 4.69) is 27.9 Å². The van der Waals surface area contributed by atoms with Crippen LogP contribution in [0.4, 0.5) is 4.39 Å². The van der Waals surface area contributed by atoms with Gasteiger partial charge in [0.1, 0.15) is 17.3 Å². The van der Waals surface area contributed by atoms with Gasteiger partial charge in [-0.2, -0.15) is 0 Å². The summed E-state index contributed by atoms with van der Waals surface area (Å²) >= 11 is 2.25. The maximum Gasteiger partial charge on any atom is 0.132 e. The zero-order valence-electron chi connectivity index (χ0n) is 12.4. The number of nitrogens with one attached hydrogen (secondary N) is 1. The molecule has 0 spiro atoms. The van der Waals surface area contributed by atoms with Crippen molar-refractivity contribution in [1.29, 1.82) is 0 Å². The first-order chi connectivity index (χ1) is 10.0. The lowest BCUT2D eigenvalue weighted by atomic mass is 10.0. The van der Waals surface area contributed by atoms with Crippen LogP contribution in [-0.2, 0) is 0 Å². The van der Waals surface area contributed by atoms with Gasteiger partial charge in [0.05, 0.1) is 0 Å². The summed E-state index contributed by atoms with van der Waals surface area (Å²) in [5, 5.41) is 3.30. The van der Waals surface area contributed by atoms with Crippen molar-refractivity contribution < 1.29 is 9.13 Å². The highest BCUT2D eigenvalue weighted by molar-refractivity contribution is 14.1. The predicted molar refractivity (Wildman–Crippen MR) is 92.5 cm³/mol. The molecule has 0 aromatic heterocycles. The third-order valence-corrected chi connectivity index (χ3v) is 4.03. The van der Waals surface area contributed by atoms with Crippen LogP contribution in [0.15, 0.2) is 36.4 Å². The van der Waals surface area contributed by atoms with Crippen LogP contribution in [0.5, 0.6) is 11.5 Å². The number of aryl methyl sites for hydroxylation is 1. The Morgan fingerprint density at radius 2 is 1.90 bits per heavy atom. The molecule has 0 radical (unpaired) electrons. The minimum atomic E-state index is -0.204. The van der Waals surface area contributed by atoms with Gasteiger partial charge < -0.3 is 10.1 Å². The molecule has 0 saturated carbocycles. The number of ether oxygens (including phenoxy) is 1. The molecular formula is C17H19FINO. The molecule has 0 aliphatic rings. The molecule has 4 heteroatoms. The van der Waals surface area contributed by atoms with Gasteiger partial charge in [0.25, 0.3) is 0 Å². The summed E-state index contributed by atoms with van der Waals surface area (Å²) in [6.45, 7) is 6.60. The molecule has 0 amide bonds. The normalized spacial score (nSPS) is 12.2. The van der Waals surface area contributed by atoms with Crippen LogP contribution in [0.25, 0.3) is 0 Å². The molecule has 2 aromatic rings. The lowest BCUT2D eigenvalue weighted by Crippen LogP contribution is -2.18. The first kappa shape index (κ1) is 16.2. The molecular weight excluding hydrogens is 380 g/mol. The first-order valence-corrected chi connectivity index (χ1v) is 8.06. The van der Waals surface area contributed by atoms with Gasteiger partial charge in [0, 0.05) is 15.2 Å². The third-order valence-electron chi connectivity index (χ3n) is 3.31. The van der Waals surface area contributed by atoms with Gasteiger partial charge in [-0.15, -0.1) is 0 Å². The Labute approximate surface area is 138 Å². The quantitative estimate of drug-likeness (QED) is 0.698. The molecule has 112 valence electrons. The first-order valence-electron chi connectivity index (χ1n) is 6.98. The average Bonchev–Trinajstić information content (AvgIpc) is 2.45. The molecule has 0 saturated heterocycles. The van der Waals surface area contributed by atoms with Crippen molar-refractivity contribution in [2.24, 2.45) is 0 Å². The van der Waals surface area contributed by atoms with E-state index in [1.165, 1.54) is 0 Å². The standard InChI is InChI=1S/C17H19FINO/c1-4-20-12(3)15-10-16(18)11(2)9-17(15)21-14-7-5-13(19)6-8-14/h5-10,12,20H,4H2,1-3H3. The van der Waals surface area contributed by atoms with Gasteiger partial charge in [0.2, 0.25) is 0 Å². The Balaban J connectivity index is 2.36. The van der Waals surface area contributed by atoms with Gasteiger partial charge in [-0.1, -0.05) is 6.92 Å². The molecule has 1 unspecified atom stereocenters. The maximum atomic E-state index is 13.9. The van der Waals surface area contributed by atoms with Gasteiger partial charge in [0.15, 0.2) is 0 Å². The van der Waals surface area contributed by atoms with Crippen molar-refractivity contribution in [3.8, 4) is 11.5 Å². The second-order valence-electron chi connectivity index (χ2n) is 4.97. The Bertz CT molecular complexity index is 613. The van der Waals surface area contributed by atoms with Crippen LogP contribution in [0, 0.1) is 16.3 Å². The minimum Gasteiger partial charge on any atom is -0.457 e. The zero-order chi connectivity index (χ0) is 15.4. The van der Waals surface area contributed by atoms with E-state index in [0.717, 1.165) is 21.4 Å². The molecule has 0 aliphatic heterocycles. The highest BCUT2D eigenvalue weighted by atomic mass is 127. The van der Waals surface area contributed by atoms with Crippen LogP contribution in [0.3, 0.4) is 0 Å². The predicted octanol–water partition coefficient (Wildman–Crippen LogP) is 5.20. The van der Waals surface area contributed by atoms with Crippen LogP contribution < -0.4 is 10.1 Å². The summed E-state index contributed by atoms with van der Waals surface area (Å²) in [5.74, 6) is 1.25. The number of hydrogen-bond acceptors (Lipinski definition) is 2. The topological polar surface area (TPSA) is 21.3 Å². The number of halogens is 2. The van der Waals surface area contributed by atoms with Gasteiger partial charge in [-0.25, -0.2) is 4.39 Å². The Kier molecular flexibility index (Phi) is 5.58. The minimum absolute atomic E-state index is 0.0314. The largest absolute Gasteiger partial charge is 0.457 e. The Morgan fingerprint density at radius 3 is 2.52 bits per heavy atom. The maximum absolute atomic E-state index is 13.9. The number of hydrogen-bond donors (Lipinski definition) is 1. The van der Waals surface area contributed by atoms with Crippen molar-refractivity contribution in [1.82, 2.24) is 5.32 Å². The molecule has 2 nitrogen and oxygen atoms in total. The molecule has 2 rings (SSSR count). The van der Waals surface area contributed by atoms with Gasteiger partial charge in [-0.3, -0.25) is 0 Å². The van der Waals surface area contributed by atoms with Crippen LogP contribution in [-0.4, -0.2) is 6.54 Å². The summed E-state index contributed by atoms with van der Waals surface area (Å²) in [6, 6.07) is 11.2. The fourth-order valence-electron chi connectivity index (χ4n) is 2.14. The van der Waals surface area contributed by atoms with E-state index in [-0.39, 0.29) is 11.9 Å². The lowest BCUT2D eigenvalue weighted by Gasteiger charge is -2.18. The van der Waals surface area contributed by atoms with Crippen LogP contribution >= 0.6 is 22.6 Å². The fourth-order valence-corrected chi connectivity index (χ4v) is 2.50. The molecule has 2 aromatic carbocycles. The van der Waals surface area contributed by atoms with E-state index < -0.39 is 0 Å².